The number of Topliss-reactive ketones (excluding diaryl/α,β-unsaturated/α-hetero) is 2. The molecule has 0 saturated carbocycles. The lowest BCUT2D eigenvalue weighted by Gasteiger charge is -2.16. The van der Waals surface area contributed by atoms with Gasteiger partial charge >= 0.3 is 0 Å². The van der Waals surface area contributed by atoms with Crippen molar-refractivity contribution in [3.8, 4) is 11.4 Å². The van der Waals surface area contributed by atoms with Crippen LogP contribution in [0, 0.1) is 6.92 Å². The molecule has 3 aromatic rings. The minimum absolute atomic E-state index is 0.0662. The Morgan fingerprint density at radius 3 is 2.54 bits per heavy atom. The van der Waals surface area contributed by atoms with Gasteiger partial charge in [0.15, 0.2) is 5.82 Å². The largest absolute Gasteiger partial charge is 0.506 e. The number of benzene rings is 2. The number of carbonyl (C=O) groups is 2. The van der Waals surface area contributed by atoms with Crippen LogP contribution in [0.2, 0.25) is 0 Å². The van der Waals surface area contributed by atoms with E-state index in [1.54, 1.807) is 18.2 Å². The van der Waals surface area contributed by atoms with Crippen molar-refractivity contribution >= 4 is 29.1 Å². The van der Waals surface area contributed by atoms with Crippen LogP contribution in [0.5, 0.6) is 0 Å². The fraction of sp³-hybridized carbons (Fsp3) is 0.0526. The van der Waals surface area contributed by atoms with E-state index in [2.05, 4.69) is 15.2 Å². The zero-order valence-electron chi connectivity index (χ0n) is 13.7. The fourth-order valence-electron chi connectivity index (χ4n) is 2.74. The second-order valence-corrected chi connectivity index (χ2v) is 6.80. The Kier molecular flexibility index (Phi) is 3.93. The Labute approximate surface area is 153 Å². The van der Waals surface area contributed by atoms with Crippen LogP contribution < -0.4 is 0 Å². The van der Waals surface area contributed by atoms with Crippen LogP contribution >= 0.6 is 11.8 Å². The number of nitrogens with zero attached hydrogens (tertiary/aromatic N) is 2. The lowest BCUT2D eigenvalue weighted by atomic mass is 9.94. The number of aliphatic hydroxyl groups excluding tert-OH is 1. The third-order valence-electron chi connectivity index (χ3n) is 4.00. The summed E-state index contributed by atoms with van der Waals surface area (Å²) in [6.07, 6.45) is 0. The molecule has 0 saturated heterocycles. The van der Waals surface area contributed by atoms with Crippen molar-refractivity contribution in [3.05, 3.63) is 70.1 Å². The summed E-state index contributed by atoms with van der Waals surface area (Å²) in [5.41, 5.74) is 2.49. The number of hydrogen-bond donors (Lipinski definition) is 2. The van der Waals surface area contributed by atoms with Gasteiger partial charge in [0.05, 0.1) is 0 Å². The van der Waals surface area contributed by atoms with Crippen LogP contribution in [-0.4, -0.2) is 31.9 Å². The first-order valence-corrected chi connectivity index (χ1v) is 8.65. The molecule has 0 fully saturated rings. The Hall–Kier alpha value is -3.19. The quantitative estimate of drug-likeness (QED) is 0.691. The van der Waals surface area contributed by atoms with Gasteiger partial charge in [-0.2, -0.15) is 0 Å². The van der Waals surface area contributed by atoms with Crippen molar-refractivity contribution in [2.75, 3.05) is 0 Å². The summed E-state index contributed by atoms with van der Waals surface area (Å²) >= 11 is 0.874. The SMILES string of the molecule is Cc1cccc(-c2nc(SC3=C(O)c4ccccc4C(=O)C3=O)n[nH]2)c1. The molecule has 7 heteroatoms. The lowest BCUT2D eigenvalue weighted by Crippen LogP contribution is -2.22. The van der Waals surface area contributed by atoms with Gasteiger partial charge in [-0.3, -0.25) is 14.7 Å². The molecule has 0 atom stereocenters. The van der Waals surface area contributed by atoms with E-state index in [4.69, 9.17) is 0 Å². The third-order valence-corrected chi connectivity index (χ3v) is 4.95. The Bertz CT molecular complexity index is 1080. The van der Waals surface area contributed by atoms with Gasteiger partial charge in [-0.1, -0.05) is 48.0 Å². The van der Waals surface area contributed by atoms with Gasteiger partial charge in [0.25, 0.3) is 0 Å². The minimum atomic E-state index is -0.756. The van der Waals surface area contributed by atoms with Gasteiger partial charge in [-0.15, -0.1) is 5.10 Å². The number of rotatable bonds is 3. The number of aromatic amines is 1. The topological polar surface area (TPSA) is 95.9 Å². The van der Waals surface area contributed by atoms with Gasteiger partial charge in [0, 0.05) is 16.7 Å². The van der Waals surface area contributed by atoms with Gasteiger partial charge in [-0.05, 0) is 24.8 Å². The van der Waals surface area contributed by atoms with E-state index in [1.165, 1.54) is 6.07 Å². The van der Waals surface area contributed by atoms with E-state index < -0.39 is 11.6 Å². The number of aliphatic hydroxyl groups is 1. The highest BCUT2D eigenvalue weighted by molar-refractivity contribution is 8.04. The number of allylic oxidation sites excluding steroid dienone is 1. The average Bonchev–Trinajstić information content (AvgIpc) is 3.12. The van der Waals surface area contributed by atoms with Crippen LogP contribution in [0.4, 0.5) is 0 Å². The predicted molar refractivity (Wildman–Crippen MR) is 97.7 cm³/mol. The van der Waals surface area contributed by atoms with Gasteiger partial charge in [0.2, 0.25) is 16.7 Å². The monoisotopic (exact) mass is 363 g/mol. The summed E-state index contributed by atoms with van der Waals surface area (Å²) in [7, 11) is 0. The molecule has 26 heavy (non-hydrogen) atoms. The highest BCUT2D eigenvalue weighted by atomic mass is 32.2. The number of thioether (sulfide) groups is 1. The Morgan fingerprint density at radius 1 is 1.00 bits per heavy atom. The van der Waals surface area contributed by atoms with Crippen molar-refractivity contribution in [2.45, 2.75) is 12.1 Å². The Balaban J connectivity index is 1.70. The standard InChI is InChI=1S/C19H13N3O3S/c1-10-5-4-6-11(9-10)18-20-19(22-21-18)26-17-15(24)13-8-3-2-7-12(13)14(23)16(17)25/h2-9,24H,1H3,(H,20,21,22). The molecule has 0 radical (unpaired) electrons. The fourth-order valence-corrected chi connectivity index (χ4v) is 3.55. The summed E-state index contributed by atoms with van der Waals surface area (Å²) < 4.78 is 0. The van der Waals surface area contributed by atoms with Crippen molar-refractivity contribution in [1.29, 1.82) is 0 Å². The molecule has 6 nitrogen and oxygen atoms in total. The molecule has 0 aliphatic heterocycles. The molecule has 1 aliphatic rings. The molecule has 0 unspecified atom stereocenters. The van der Waals surface area contributed by atoms with Crippen LogP contribution in [0.25, 0.3) is 17.1 Å². The molecule has 128 valence electrons. The molecule has 1 heterocycles. The predicted octanol–water partition coefficient (Wildman–Crippen LogP) is 3.56. The van der Waals surface area contributed by atoms with Crippen LogP contribution in [0.1, 0.15) is 21.5 Å². The molecule has 2 N–H and O–H groups in total. The highest BCUT2D eigenvalue weighted by Gasteiger charge is 2.34. The second kappa shape index (κ2) is 6.27. The second-order valence-electron chi connectivity index (χ2n) is 5.82. The molecule has 2 aromatic carbocycles. The highest BCUT2D eigenvalue weighted by Crippen LogP contribution is 2.36. The first kappa shape index (κ1) is 16.3. The number of ketones is 2. The van der Waals surface area contributed by atoms with Crippen LogP contribution in [-0.2, 0) is 4.79 Å². The maximum absolute atomic E-state index is 12.4. The average molecular weight is 363 g/mol. The van der Waals surface area contributed by atoms with Gasteiger partial charge in [-0.25, -0.2) is 4.98 Å². The minimum Gasteiger partial charge on any atom is -0.506 e. The molecular weight excluding hydrogens is 350 g/mol. The van der Waals surface area contributed by atoms with E-state index in [0.717, 1.165) is 22.9 Å². The van der Waals surface area contributed by atoms with Gasteiger partial charge in [0.1, 0.15) is 10.7 Å². The lowest BCUT2D eigenvalue weighted by molar-refractivity contribution is -0.111. The summed E-state index contributed by atoms with van der Waals surface area (Å²) in [6, 6.07) is 14.2. The summed E-state index contributed by atoms with van der Waals surface area (Å²) in [5.74, 6) is -1.08. The van der Waals surface area contributed by atoms with Crippen molar-refractivity contribution in [3.63, 3.8) is 0 Å². The number of carbonyl (C=O) groups excluding carboxylic acids is 2. The normalized spacial score (nSPS) is 13.9. The maximum Gasteiger partial charge on any atom is 0.244 e. The number of aryl methyl sites for hydroxylation is 1. The van der Waals surface area contributed by atoms with Crippen LogP contribution in [0.3, 0.4) is 0 Å². The molecule has 0 spiro atoms. The van der Waals surface area contributed by atoms with E-state index >= 15 is 0 Å². The number of nitrogens with one attached hydrogen (secondary N) is 1. The first-order valence-electron chi connectivity index (χ1n) is 7.83. The van der Waals surface area contributed by atoms with Crippen LogP contribution in [0.15, 0.2) is 58.6 Å². The molecule has 1 aromatic heterocycles. The van der Waals surface area contributed by atoms with E-state index in [9.17, 15) is 14.7 Å². The van der Waals surface area contributed by atoms with Crippen molar-refractivity contribution in [1.82, 2.24) is 15.2 Å². The van der Waals surface area contributed by atoms with Crippen molar-refractivity contribution in [2.24, 2.45) is 0 Å². The smallest absolute Gasteiger partial charge is 0.244 e. The number of fused-ring (bicyclic) bond motifs is 1. The van der Waals surface area contributed by atoms with Crippen molar-refractivity contribution < 1.29 is 14.7 Å². The molecule has 0 bridgehead atoms. The number of H-pyrrole nitrogens is 1. The van der Waals surface area contributed by atoms with Gasteiger partial charge < -0.3 is 5.11 Å². The maximum atomic E-state index is 12.4. The molecular formula is C19H13N3O3S. The summed E-state index contributed by atoms with van der Waals surface area (Å²) in [6.45, 7) is 1.97. The van der Waals surface area contributed by atoms with E-state index in [0.29, 0.717) is 11.4 Å². The zero-order valence-corrected chi connectivity index (χ0v) is 14.5. The first-order chi connectivity index (χ1) is 12.5. The van der Waals surface area contributed by atoms with E-state index in [1.807, 2.05) is 31.2 Å². The summed E-state index contributed by atoms with van der Waals surface area (Å²) in [4.78, 5) is 28.9. The molecule has 4 rings (SSSR count). The molecule has 0 amide bonds. The van der Waals surface area contributed by atoms with E-state index in [-0.39, 0.29) is 21.4 Å². The third kappa shape index (κ3) is 2.72. The Morgan fingerprint density at radius 2 is 1.77 bits per heavy atom. The zero-order chi connectivity index (χ0) is 18.3. The summed E-state index contributed by atoms with van der Waals surface area (Å²) in [5, 5.41) is 17.6. The number of aromatic nitrogens is 3. The molecule has 1 aliphatic carbocycles. The number of hydrogen-bond acceptors (Lipinski definition) is 6.